The third-order valence-corrected chi connectivity index (χ3v) is 2.98. The van der Waals surface area contributed by atoms with Crippen LogP contribution >= 0.6 is 0 Å². The van der Waals surface area contributed by atoms with Crippen molar-refractivity contribution in [2.24, 2.45) is 0 Å². The van der Waals surface area contributed by atoms with E-state index in [-0.39, 0.29) is 17.5 Å². The Bertz CT molecular complexity index is 581. The highest BCUT2D eigenvalue weighted by Gasteiger charge is 2.21. The highest BCUT2D eigenvalue weighted by molar-refractivity contribution is 5.80. The van der Waals surface area contributed by atoms with Crippen LogP contribution in [-0.2, 0) is 4.79 Å². The summed E-state index contributed by atoms with van der Waals surface area (Å²) in [5, 5.41) is 7.27. The van der Waals surface area contributed by atoms with Crippen LogP contribution in [0.3, 0.4) is 0 Å². The molecular formula is C16H21N3O. The zero-order valence-electron chi connectivity index (χ0n) is 12.4. The fourth-order valence-corrected chi connectivity index (χ4v) is 1.92. The van der Waals surface area contributed by atoms with Crippen LogP contribution in [0.1, 0.15) is 33.7 Å². The number of rotatable bonds is 3. The Morgan fingerprint density at radius 2 is 1.85 bits per heavy atom. The minimum atomic E-state index is -0.327. The van der Waals surface area contributed by atoms with Crippen molar-refractivity contribution in [3.63, 3.8) is 0 Å². The van der Waals surface area contributed by atoms with Crippen molar-refractivity contribution < 1.29 is 4.79 Å². The lowest BCUT2D eigenvalue weighted by molar-refractivity contribution is -0.125. The molecule has 1 heterocycles. The average molecular weight is 271 g/mol. The summed E-state index contributed by atoms with van der Waals surface area (Å²) in [7, 11) is 0. The van der Waals surface area contributed by atoms with Crippen LogP contribution in [0, 0.1) is 0 Å². The summed E-state index contributed by atoms with van der Waals surface area (Å²) in [5.74, 6) is -0.0276. The molecule has 2 rings (SSSR count). The molecule has 0 aliphatic rings. The predicted octanol–water partition coefficient (Wildman–Crippen LogP) is 3.03. The Morgan fingerprint density at radius 1 is 1.20 bits per heavy atom. The fraction of sp³-hybridized carbons (Fsp3) is 0.375. The lowest BCUT2D eigenvalue weighted by Crippen LogP contribution is -2.43. The van der Waals surface area contributed by atoms with Crippen molar-refractivity contribution in [2.45, 2.75) is 39.3 Å². The Morgan fingerprint density at radius 3 is 2.45 bits per heavy atom. The van der Waals surface area contributed by atoms with Gasteiger partial charge in [0.2, 0.25) is 5.91 Å². The van der Waals surface area contributed by atoms with E-state index in [1.54, 1.807) is 10.9 Å². The third kappa shape index (κ3) is 3.47. The molecule has 0 aliphatic heterocycles. The lowest BCUT2D eigenvalue weighted by atomic mass is 10.1. The second-order valence-corrected chi connectivity index (χ2v) is 5.99. The molecule has 0 bridgehead atoms. The molecule has 0 fully saturated rings. The number of nitrogens with one attached hydrogen (secondary N) is 1. The van der Waals surface area contributed by atoms with E-state index >= 15 is 0 Å². The zero-order chi connectivity index (χ0) is 14.8. The van der Waals surface area contributed by atoms with Crippen LogP contribution in [0.4, 0.5) is 0 Å². The van der Waals surface area contributed by atoms with Crippen molar-refractivity contribution in [3.8, 4) is 11.1 Å². The van der Waals surface area contributed by atoms with Gasteiger partial charge in [-0.05, 0) is 33.3 Å². The van der Waals surface area contributed by atoms with Gasteiger partial charge in [0.1, 0.15) is 6.04 Å². The first-order valence-corrected chi connectivity index (χ1v) is 6.78. The van der Waals surface area contributed by atoms with Crippen molar-refractivity contribution in [2.75, 3.05) is 0 Å². The summed E-state index contributed by atoms with van der Waals surface area (Å²) in [6.07, 6.45) is 3.69. The maximum Gasteiger partial charge on any atom is 0.244 e. The Kier molecular flexibility index (Phi) is 3.93. The monoisotopic (exact) mass is 271 g/mol. The number of hydrogen-bond acceptors (Lipinski definition) is 2. The van der Waals surface area contributed by atoms with Crippen LogP contribution in [-0.4, -0.2) is 21.2 Å². The second-order valence-electron chi connectivity index (χ2n) is 5.99. The predicted molar refractivity (Wildman–Crippen MR) is 80.3 cm³/mol. The number of nitrogens with zero attached hydrogens (tertiary/aromatic N) is 2. The number of amides is 1. The van der Waals surface area contributed by atoms with E-state index in [1.165, 1.54) is 0 Å². The van der Waals surface area contributed by atoms with Gasteiger partial charge in [-0.2, -0.15) is 5.10 Å². The molecule has 1 aromatic heterocycles. The molecular weight excluding hydrogens is 250 g/mol. The normalized spacial score (nSPS) is 13.0. The first-order valence-electron chi connectivity index (χ1n) is 6.78. The van der Waals surface area contributed by atoms with E-state index in [0.717, 1.165) is 11.1 Å². The minimum Gasteiger partial charge on any atom is -0.350 e. The van der Waals surface area contributed by atoms with Crippen molar-refractivity contribution in [1.82, 2.24) is 15.1 Å². The van der Waals surface area contributed by atoms with Crippen molar-refractivity contribution in [3.05, 3.63) is 42.7 Å². The number of carbonyl (C=O) groups excluding carboxylic acids is 1. The Balaban J connectivity index is 2.15. The van der Waals surface area contributed by atoms with Gasteiger partial charge in [-0.1, -0.05) is 30.3 Å². The molecule has 1 N–H and O–H groups in total. The topological polar surface area (TPSA) is 46.9 Å². The van der Waals surface area contributed by atoms with Gasteiger partial charge in [-0.15, -0.1) is 0 Å². The Hall–Kier alpha value is -2.10. The van der Waals surface area contributed by atoms with Gasteiger partial charge in [0.15, 0.2) is 0 Å². The van der Waals surface area contributed by atoms with Gasteiger partial charge >= 0.3 is 0 Å². The molecule has 0 radical (unpaired) electrons. The van der Waals surface area contributed by atoms with Crippen LogP contribution in [0.15, 0.2) is 42.7 Å². The van der Waals surface area contributed by atoms with Crippen LogP contribution in [0.5, 0.6) is 0 Å². The van der Waals surface area contributed by atoms with E-state index in [4.69, 9.17) is 0 Å². The highest BCUT2D eigenvalue weighted by atomic mass is 16.2. The van der Waals surface area contributed by atoms with Crippen LogP contribution < -0.4 is 5.32 Å². The summed E-state index contributed by atoms with van der Waals surface area (Å²) in [6, 6.07) is 9.69. The molecule has 0 spiro atoms. The molecule has 2 aromatic rings. The SMILES string of the molecule is CC(C(=O)NC(C)(C)C)n1cc(-c2ccccc2)cn1. The van der Waals surface area contributed by atoms with Gasteiger partial charge in [0, 0.05) is 17.3 Å². The van der Waals surface area contributed by atoms with E-state index in [1.807, 2.05) is 64.2 Å². The van der Waals surface area contributed by atoms with E-state index < -0.39 is 0 Å². The molecule has 4 nitrogen and oxygen atoms in total. The molecule has 1 atom stereocenters. The van der Waals surface area contributed by atoms with Gasteiger partial charge in [-0.3, -0.25) is 9.48 Å². The van der Waals surface area contributed by atoms with Gasteiger partial charge < -0.3 is 5.32 Å². The maximum absolute atomic E-state index is 12.1. The standard InChI is InChI=1S/C16H21N3O/c1-12(15(20)18-16(2,3)4)19-11-14(10-17-19)13-8-6-5-7-9-13/h5-12H,1-4H3,(H,18,20). The molecule has 0 saturated heterocycles. The average Bonchev–Trinajstić information content (AvgIpc) is 2.86. The van der Waals surface area contributed by atoms with E-state index in [9.17, 15) is 4.79 Å². The van der Waals surface area contributed by atoms with Crippen LogP contribution in [0.25, 0.3) is 11.1 Å². The molecule has 1 unspecified atom stereocenters. The van der Waals surface area contributed by atoms with Gasteiger partial charge in [0.25, 0.3) is 0 Å². The third-order valence-electron chi connectivity index (χ3n) is 2.98. The highest BCUT2D eigenvalue weighted by Crippen LogP contribution is 2.19. The van der Waals surface area contributed by atoms with Crippen molar-refractivity contribution >= 4 is 5.91 Å². The van der Waals surface area contributed by atoms with E-state index in [0.29, 0.717) is 0 Å². The van der Waals surface area contributed by atoms with Gasteiger partial charge in [0.05, 0.1) is 6.20 Å². The molecule has 0 aliphatic carbocycles. The molecule has 4 heteroatoms. The molecule has 1 aromatic carbocycles. The molecule has 0 saturated carbocycles. The fourth-order valence-electron chi connectivity index (χ4n) is 1.92. The lowest BCUT2D eigenvalue weighted by Gasteiger charge is -2.23. The molecule has 20 heavy (non-hydrogen) atoms. The number of carbonyl (C=O) groups is 1. The first-order chi connectivity index (χ1) is 9.37. The van der Waals surface area contributed by atoms with Gasteiger partial charge in [-0.25, -0.2) is 0 Å². The molecule has 106 valence electrons. The summed E-state index contributed by atoms with van der Waals surface area (Å²) in [4.78, 5) is 12.1. The van der Waals surface area contributed by atoms with E-state index in [2.05, 4.69) is 10.4 Å². The first kappa shape index (κ1) is 14.3. The Labute approximate surface area is 119 Å². The number of aromatic nitrogens is 2. The number of benzene rings is 1. The zero-order valence-corrected chi connectivity index (χ0v) is 12.4. The van der Waals surface area contributed by atoms with Crippen molar-refractivity contribution in [1.29, 1.82) is 0 Å². The summed E-state index contributed by atoms with van der Waals surface area (Å²) >= 11 is 0. The summed E-state index contributed by atoms with van der Waals surface area (Å²) in [5.41, 5.74) is 1.88. The van der Waals surface area contributed by atoms with Crippen LogP contribution in [0.2, 0.25) is 0 Å². The molecule has 1 amide bonds. The summed E-state index contributed by atoms with van der Waals surface area (Å²) in [6.45, 7) is 7.76. The largest absolute Gasteiger partial charge is 0.350 e. The smallest absolute Gasteiger partial charge is 0.244 e. The second kappa shape index (κ2) is 5.49. The minimum absolute atomic E-state index is 0.0276. The maximum atomic E-state index is 12.1. The number of hydrogen-bond donors (Lipinski definition) is 1. The quantitative estimate of drug-likeness (QED) is 0.932. The summed E-state index contributed by atoms with van der Waals surface area (Å²) < 4.78 is 1.70.